The minimum Gasteiger partial charge on any atom is -0.459 e. The van der Waals surface area contributed by atoms with Crippen LogP contribution in [0.3, 0.4) is 0 Å². The SMILES string of the molecule is CC[C@H]1OC(=O)[C@H](C)[C@@H](O[C@H]2C[C@@](C)(OC)[C@@H](O)[C@H](C)O2)[C@H](C)[C@@H](O[C@@H]2O[C@H](C)C[C@H](N(C)CCc3cn([C@H](CF)[C@H](OC)c4ccc(N5C[C@@H]6C(N)[C@@H]6C5)cc4)nn3)[C@H]2O)[C@](C)(O)C[C@@H](C)CN(C)[C@H](C)[C@@H](O)[C@]1(C)O. The smallest absolute Gasteiger partial charge is 0.311 e. The maximum Gasteiger partial charge on any atom is 0.311 e. The predicted molar refractivity (Wildman–Crippen MR) is 285 cm³/mol. The lowest BCUT2D eigenvalue weighted by molar-refractivity contribution is -0.318. The molecule has 5 aliphatic rings. The molecular formula is C56H94FN7O13. The number of hydrogen-bond donors (Lipinski definition) is 6. The molecule has 1 unspecified atom stereocenters. The van der Waals surface area contributed by atoms with Gasteiger partial charge in [-0.05, 0) is 117 Å². The number of hydrogen-bond acceptors (Lipinski definition) is 19. The minimum atomic E-state index is -1.85. The average Bonchev–Trinajstić information content (AvgIpc) is 3.77. The molecule has 0 radical (unpaired) electrons. The standard InChI is InChI=1S/C56H94FN7O13/c1-15-43-56(10,70)49(66)34(6)62(12)26-30(2)23-54(8,69)51(32(4)47(33(5)52(68)75-43)76-44-24-55(9,72-14)50(67)35(7)74-44)77-53-46(65)41(22-31(3)73-53)61(11)21-20-37-27-64(60-59-37)42(25-57)48(71-13)36-16-18-38(19-17-36)63-28-39-40(29-63)45(39)58/h16-19,27,30-35,39-51,53,65-67,69-70H,15,20-26,28-29,58H2,1-14H3/t30-,31-,32+,33-,34-,35+,39-,40+,41+,42-,43-,44+,45?,46-,47+,48-,49-,50+,51-,53+,54-,55-,56-/m1/s1. The molecule has 0 amide bonds. The number of esters is 1. The van der Waals surface area contributed by atoms with Gasteiger partial charge < -0.3 is 79.1 Å². The lowest BCUT2D eigenvalue weighted by Crippen LogP contribution is -2.61. The van der Waals surface area contributed by atoms with Crippen molar-refractivity contribution in [3.05, 3.63) is 41.7 Å². The van der Waals surface area contributed by atoms with E-state index in [-0.39, 0.29) is 25.2 Å². The summed E-state index contributed by atoms with van der Waals surface area (Å²) in [5.41, 5.74) is 4.13. The number of rotatable bonds is 16. The van der Waals surface area contributed by atoms with Crippen molar-refractivity contribution in [2.24, 2.45) is 35.3 Å². The highest BCUT2D eigenvalue weighted by molar-refractivity contribution is 5.73. The zero-order valence-corrected chi connectivity index (χ0v) is 48.1. The Balaban J connectivity index is 1.11. The van der Waals surface area contributed by atoms with Crippen LogP contribution in [0.15, 0.2) is 30.5 Å². The summed E-state index contributed by atoms with van der Waals surface area (Å²) >= 11 is 0. The van der Waals surface area contributed by atoms with Crippen molar-refractivity contribution in [3.63, 3.8) is 0 Å². The second-order valence-electron chi connectivity index (χ2n) is 24.4. The highest BCUT2D eigenvalue weighted by atomic mass is 19.1. The van der Waals surface area contributed by atoms with Crippen molar-refractivity contribution in [3.8, 4) is 0 Å². The second-order valence-corrected chi connectivity index (χ2v) is 24.4. The number of carbonyl (C=O) groups is 1. The molecule has 438 valence electrons. The Morgan fingerprint density at radius 1 is 0.948 bits per heavy atom. The van der Waals surface area contributed by atoms with E-state index in [1.54, 1.807) is 61.8 Å². The van der Waals surface area contributed by atoms with Crippen molar-refractivity contribution in [2.45, 2.75) is 210 Å². The zero-order valence-electron chi connectivity index (χ0n) is 48.1. The van der Waals surface area contributed by atoms with Crippen LogP contribution in [0.25, 0.3) is 0 Å². The van der Waals surface area contributed by atoms with E-state index >= 15 is 0 Å². The summed E-state index contributed by atoms with van der Waals surface area (Å²) in [6.07, 6.45) is -7.89. The number of aliphatic hydroxyl groups is 5. The number of cyclic esters (lactones) is 1. The van der Waals surface area contributed by atoms with Gasteiger partial charge >= 0.3 is 5.97 Å². The minimum absolute atomic E-state index is 0.0861. The molecular weight excluding hydrogens is 998 g/mol. The molecule has 7 rings (SSSR count). The number of halogens is 1. The average molecular weight is 1090 g/mol. The summed E-state index contributed by atoms with van der Waals surface area (Å²) in [4.78, 5) is 20.8. The number of aliphatic hydroxyl groups excluding tert-OH is 3. The van der Waals surface area contributed by atoms with Gasteiger partial charge in [0.15, 0.2) is 12.6 Å². The second kappa shape index (κ2) is 25.0. The summed E-state index contributed by atoms with van der Waals surface area (Å²) in [6.45, 7) is 19.5. The number of carbonyl (C=O) groups excluding carboxylic acids is 1. The number of nitrogens with zero attached hydrogens (tertiary/aromatic N) is 6. The topological polar surface area (TPSA) is 249 Å². The first kappa shape index (κ1) is 61.6. The van der Waals surface area contributed by atoms with Crippen LogP contribution in [0.4, 0.5) is 10.1 Å². The molecule has 2 aromatic rings. The maximum absolute atomic E-state index is 15.0. The molecule has 21 heteroatoms. The first-order chi connectivity index (χ1) is 36.2. The summed E-state index contributed by atoms with van der Waals surface area (Å²) in [5.74, 6) is -1.76. The van der Waals surface area contributed by atoms with Crippen molar-refractivity contribution in [1.29, 1.82) is 0 Å². The molecule has 0 bridgehead atoms. The number of fused-ring (bicyclic) bond motifs is 1. The molecule has 5 heterocycles. The summed E-state index contributed by atoms with van der Waals surface area (Å²) in [6, 6.07) is 6.52. The van der Waals surface area contributed by atoms with Crippen LogP contribution >= 0.6 is 0 Å². The van der Waals surface area contributed by atoms with Gasteiger partial charge in [0, 0.05) is 89.2 Å². The van der Waals surface area contributed by atoms with E-state index in [1.165, 1.54) is 18.7 Å². The van der Waals surface area contributed by atoms with Gasteiger partial charge in [0.05, 0.1) is 47.2 Å². The third kappa shape index (κ3) is 13.4. The first-order valence-corrected chi connectivity index (χ1v) is 28.1. The zero-order chi connectivity index (χ0) is 56.6. The molecule has 1 aliphatic carbocycles. The molecule has 20 nitrogen and oxygen atoms in total. The van der Waals surface area contributed by atoms with Gasteiger partial charge in [0.2, 0.25) is 0 Å². The number of piperidine rings is 1. The highest BCUT2D eigenvalue weighted by Crippen LogP contribution is 2.46. The van der Waals surface area contributed by atoms with Gasteiger partial charge in [0.25, 0.3) is 0 Å². The Morgan fingerprint density at radius 3 is 2.22 bits per heavy atom. The molecule has 0 spiro atoms. The van der Waals surface area contributed by atoms with E-state index in [2.05, 4.69) is 27.3 Å². The first-order valence-electron chi connectivity index (χ1n) is 28.1. The van der Waals surface area contributed by atoms with Crippen LogP contribution in [0.2, 0.25) is 0 Å². The van der Waals surface area contributed by atoms with Gasteiger partial charge in [-0.15, -0.1) is 5.10 Å². The third-order valence-corrected chi connectivity index (χ3v) is 18.3. The lowest BCUT2D eigenvalue weighted by Gasteiger charge is -2.49. The number of methoxy groups -OCH3 is 2. The van der Waals surface area contributed by atoms with Crippen LogP contribution in [-0.2, 0) is 44.4 Å². The van der Waals surface area contributed by atoms with Crippen LogP contribution in [0, 0.1) is 29.6 Å². The monoisotopic (exact) mass is 1090 g/mol. The largest absolute Gasteiger partial charge is 0.459 e. The quantitative estimate of drug-likeness (QED) is 0.132. The number of ether oxygens (including phenoxy) is 7. The Kier molecular flexibility index (Phi) is 20.0. The fraction of sp³-hybridized carbons (Fsp3) is 0.839. The third-order valence-electron chi connectivity index (χ3n) is 18.3. The number of aromatic nitrogens is 3. The fourth-order valence-electron chi connectivity index (χ4n) is 13.2. The molecule has 5 fully saturated rings. The number of likely N-dealkylation sites (N-methyl/N-ethyl adjacent to an activating group) is 2. The molecule has 23 atom stereocenters. The van der Waals surface area contributed by atoms with Crippen molar-refractivity contribution >= 4 is 11.7 Å². The van der Waals surface area contributed by atoms with Gasteiger partial charge in [-0.2, -0.15) is 0 Å². The maximum atomic E-state index is 15.0. The van der Waals surface area contributed by atoms with Crippen molar-refractivity contribution < 1.29 is 67.9 Å². The molecule has 7 N–H and O–H groups in total. The van der Waals surface area contributed by atoms with E-state index in [0.29, 0.717) is 49.5 Å². The Hall–Kier alpha value is -3.00. The number of nitrogens with two attached hydrogens (primary N) is 1. The molecule has 4 saturated heterocycles. The fourth-order valence-corrected chi connectivity index (χ4v) is 13.2. The molecule has 1 aromatic heterocycles. The Bertz CT molecular complexity index is 2200. The predicted octanol–water partition coefficient (Wildman–Crippen LogP) is 3.40. The normalized spacial score (nSPS) is 42.6. The summed E-state index contributed by atoms with van der Waals surface area (Å²) in [7, 11) is 6.79. The number of alkyl halides is 1. The van der Waals surface area contributed by atoms with Gasteiger partial charge in [-0.1, -0.05) is 38.1 Å². The van der Waals surface area contributed by atoms with Gasteiger partial charge in [-0.25, -0.2) is 9.07 Å². The van der Waals surface area contributed by atoms with E-state index < -0.39 is 127 Å². The molecule has 4 aliphatic heterocycles. The van der Waals surface area contributed by atoms with Crippen LogP contribution in [0.1, 0.15) is 118 Å². The van der Waals surface area contributed by atoms with Gasteiger partial charge in [0.1, 0.15) is 48.8 Å². The summed E-state index contributed by atoms with van der Waals surface area (Å²) < 4.78 is 60.8. The van der Waals surface area contributed by atoms with Crippen molar-refractivity contribution in [2.75, 3.05) is 66.1 Å². The Morgan fingerprint density at radius 2 is 1.61 bits per heavy atom. The van der Waals surface area contributed by atoms with Gasteiger partial charge in [-0.3, -0.25) is 4.79 Å². The number of anilines is 1. The van der Waals surface area contributed by atoms with E-state index in [4.69, 9.17) is 38.9 Å². The molecule has 1 saturated carbocycles. The van der Waals surface area contributed by atoms with Crippen LogP contribution in [-0.4, -0.2) is 214 Å². The molecule has 1 aromatic carbocycles. The van der Waals surface area contributed by atoms with Crippen LogP contribution < -0.4 is 10.6 Å². The van der Waals surface area contributed by atoms with E-state index in [0.717, 1.165) is 24.3 Å². The summed E-state index contributed by atoms with van der Waals surface area (Å²) in [5, 5.41) is 68.7. The number of benzene rings is 1. The van der Waals surface area contributed by atoms with E-state index in [9.17, 15) is 34.7 Å². The van der Waals surface area contributed by atoms with Crippen LogP contribution in [0.5, 0.6) is 0 Å². The van der Waals surface area contributed by atoms with E-state index in [1.807, 2.05) is 49.9 Å². The molecule has 77 heavy (non-hydrogen) atoms. The lowest BCUT2D eigenvalue weighted by atomic mass is 9.77. The van der Waals surface area contributed by atoms with Crippen molar-refractivity contribution in [1.82, 2.24) is 24.8 Å². The highest BCUT2D eigenvalue weighted by Gasteiger charge is 2.55. The Labute approximate surface area is 455 Å².